The Bertz CT molecular complexity index is 247. The molecule has 2 fully saturated rings. The molecule has 1 aliphatic heterocycles. The lowest BCUT2D eigenvalue weighted by Crippen LogP contribution is -2.38. The van der Waals surface area contributed by atoms with Crippen molar-refractivity contribution in [3.8, 4) is 0 Å². The Labute approximate surface area is 104 Å². The van der Waals surface area contributed by atoms with E-state index < -0.39 is 0 Å². The first kappa shape index (κ1) is 12.9. The Morgan fingerprint density at radius 1 is 1.06 bits per heavy atom. The van der Waals surface area contributed by atoms with Gasteiger partial charge in [0.2, 0.25) is 5.91 Å². The second kappa shape index (κ2) is 6.39. The van der Waals surface area contributed by atoms with Gasteiger partial charge >= 0.3 is 0 Å². The molecule has 1 saturated carbocycles. The van der Waals surface area contributed by atoms with Crippen molar-refractivity contribution in [3.63, 3.8) is 0 Å². The number of hydrogen-bond donors (Lipinski definition) is 1. The van der Waals surface area contributed by atoms with E-state index in [1.165, 1.54) is 38.5 Å². The minimum absolute atomic E-state index is 0.105. The molecule has 0 aromatic heterocycles. The number of aliphatic hydroxyl groups excluding tert-OH is 1. The van der Waals surface area contributed by atoms with Crippen LogP contribution >= 0.6 is 0 Å². The van der Waals surface area contributed by atoms with Crippen LogP contribution in [0.15, 0.2) is 0 Å². The third-order valence-corrected chi connectivity index (χ3v) is 4.35. The third-order valence-electron chi connectivity index (χ3n) is 4.35. The lowest BCUT2D eigenvalue weighted by molar-refractivity contribution is -0.133. The molecule has 0 radical (unpaired) electrons. The van der Waals surface area contributed by atoms with Gasteiger partial charge in [0.25, 0.3) is 0 Å². The fourth-order valence-corrected chi connectivity index (χ4v) is 3.29. The van der Waals surface area contributed by atoms with Crippen molar-refractivity contribution in [1.82, 2.24) is 4.90 Å². The average molecular weight is 239 g/mol. The van der Waals surface area contributed by atoms with Crippen LogP contribution in [0, 0.1) is 5.92 Å². The first-order valence-corrected chi connectivity index (χ1v) is 7.21. The minimum atomic E-state index is 0.105. The molecule has 0 aromatic carbocycles. The van der Waals surface area contributed by atoms with Crippen molar-refractivity contribution in [1.29, 1.82) is 0 Å². The highest BCUT2D eigenvalue weighted by Gasteiger charge is 2.29. The Balaban J connectivity index is 1.82. The summed E-state index contributed by atoms with van der Waals surface area (Å²) in [6.45, 7) is 0.993. The van der Waals surface area contributed by atoms with Crippen LogP contribution in [0.3, 0.4) is 0 Å². The number of rotatable bonds is 3. The molecule has 1 N–H and O–H groups in total. The van der Waals surface area contributed by atoms with Crippen LogP contribution < -0.4 is 0 Å². The maximum Gasteiger partial charge on any atom is 0.223 e. The van der Waals surface area contributed by atoms with Crippen LogP contribution in [0.5, 0.6) is 0 Å². The van der Waals surface area contributed by atoms with Crippen LogP contribution in [-0.2, 0) is 4.79 Å². The molecular weight excluding hydrogens is 214 g/mol. The Morgan fingerprint density at radius 3 is 2.41 bits per heavy atom. The van der Waals surface area contributed by atoms with Gasteiger partial charge in [-0.1, -0.05) is 25.7 Å². The zero-order chi connectivity index (χ0) is 12.1. The number of carbonyl (C=O) groups excluding carboxylic acids is 1. The number of likely N-dealkylation sites (tertiary alicyclic amines) is 1. The summed E-state index contributed by atoms with van der Waals surface area (Å²) in [6, 6.07) is 0.105. The molecule has 0 unspecified atom stereocenters. The lowest BCUT2D eigenvalue weighted by atomic mass is 9.96. The standard InChI is InChI=1S/C14H25NO2/c16-11-13-8-5-9-15(13)14(17)10-12-6-3-1-2-4-7-12/h12-13,16H,1-11H2/t13-/m1/s1. The molecule has 98 valence electrons. The van der Waals surface area contributed by atoms with Gasteiger partial charge in [-0.25, -0.2) is 0 Å². The lowest BCUT2D eigenvalue weighted by Gasteiger charge is -2.25. The van der Waals surface area contributed by atoms with Gasteiger partial charge in [0, 0.05) is 13.0 Å². The summed E-state index contributed by atoms with van der Waals surface area (Å²) in [5, 5.41) is 9.24. The molecule has 0 spiro atoms. The number of carbonyl (C=O) groups is 1. The minimum Gasteiger partial charge on any atom is -0.394 e. The van der Waals surface area contributed by atoms with Gasteiger partial charge in [-0.2, -0.15) is 0 Å². The van der Waals surface area contributed by atoms with E-state index in [0.717, 1.165) is 25.8 Å². The molecule has 1 saturated heterocycles. The van der Waals surface area contributed by atoms with E-state index in [-0.39, 0.29) is 18.6 Å². The van der Waals surface area contributed by atoms with E-state index in [1.54, 1.807) is 0 Å². The van der Waals surface area contributed by atoms with Gasteiger partial charge in [0.15, 0.2) is 0 Å². The van der Waals surface area contributed by atoms with E-state index in [0.29, 0.717) is 5.92 Å². The molecule has 1 heterocycles. The maximum absolute atomic E-state index is 12.2. The number of amides is 1. The zero-order valence-corrected chi connectivity index (χ0v) is 10.7. The number of nitrogens with zero attached hydrogens (tertiary/aromatic N) is 1. The zero-order valence-electron chi connectivity index (χ0n) is 10.7. The highest BCUT2D eigenvalue weighted by atomic mass is 16.3. The van der Waals surface area contributed by atoms with Crippen LogP contribution in [0.4, 0.5) is 0 Å². The Hall–Kier alpha value is -0.570. The van der Waals surface area contributed by atoms with Gasteiger partial charge in [-0.05, 0) is 31.6 Å². The summed E-state index contributed by atoms with van der Waals surface area (Å²) in [5.41, 5.74) is 0. The molecule has 2 aliphatic rings. The monoisotopic (exact) mass is 239 g/mol. The van der Waals surface area contributed by atoms with Crippen LogP contribution in [0.1, 0.15) is 57.8 Å². The number of hydrogen-bond acceptors (Lipinski definition) is 2. The van der Waals surface area contributed by atoms with Gasteiger partial charge in [0.05, 0.1) is 12.6 Å². The predicted molar refractivity (Wildman–Crippen MR) is 67.6 cm³/mol. The first-order chi connectivity index (χ1) is 8.31. The van der Waals surface area contributed by atoms with Gasteiger partial charge in [-0.3, -0.25) is 4.79 Å². The van der Waals surface area contributed by atoms with Crippen molar-refractivity contribution >= 4 is 5.91 Å². The fourth-order valence-electron chi connectivity index (χ4n) is 3.29. The molecule has 3 nitrogen and oxygen atoms in total. The first-order valence-electron chi connectivity index (χ1n) is 7.21. The van der Waals surface area contributed by atoms with Gasteiger partial charge < -0.3 is 10.0 Å². The molecule has 1 atom stereocenters. The Kier molecular flexibility index (Phi) is 4.84. The van der Waals surface area contributed by atoms with Crippen molar-refractivity contribution in [3.05, 3.63) is 0 Å². The summed E-state index contributed by atoms with van der Waals surface area (Å²) in [4.78, 5) is 14.1. The van der Waals surface area contributed by atoms with Gasteiger partial charge in [0.1, 0.15) is 0 Å². The van der Waals surface area contributed by atoms with Crippen molar-refractivity contribution in [2.45, 2.75) is 63.8 Å². The van der Waals surface area contributed by atoms with Crippen molar-refractivity contribution in [2.24, 2.45) is 5.92 Å². The molecule has 17 heavy (non-hydrogen) atoms. The molecule has 2 rings (SSSR count). The SMILES string of the molecule is O=C(CC1CCCCCC1)N1CCC[C@@H]1CO. The van der Waals surface area contributed by atoms with E-state index in [2.05, 4.69) is 0 Å². The Morgan fingerprint density at radius 2 is 1.76 bits per heavy atom. The van der Waals surface area contributed by atoms with Crippen molar-refractivity contribution < 1.29 is 9.90 Å². The summed E-state index contributed by atoms with van der Waals surface area (Å²) in [5.74, 6) is 0.887. The smallest absolute Gasteiger partial charge is 0.223 e. The predicted octanol–water partition coefficient (Wildman–Crippen LogP) is 2.33. The maximum atomic E-state index is 12.2. The van der Waals surface area contributed by atoms with E-state index in [1.807, 2.05) is 4.90 Å². The molecule has 0 aromatic rings. The average Bonchev–Trinajstić information content (AvgIpc) is 2.68. The molecule has 1 amide bonds. The highest BCUT2D eigenvalue weighted by molar-refractivity contribution is 5.77. The largest absolute Gasteiger partial charge is 0.394 e. The highest BCUT2D eigenvalue weighted by Crippen LogP contribution is 2.27. The van der Waals surface area contributed by atoms with Gasteiger partial charge in [-0.15, -0.1) is 0 Å². The molecule has 3 heteroatoms. The summed E-state index contributed by atoms with van der Waals surface area (Å²) in [7, 11) is 0. The van der Waals surface area contributed by atoms with E-state index in [9.17, 15) is 9.90 Å². The molecule has 1 aliphatic carbocycles. The van der Waals surface area contributed by atoms with Crippen molar-refractivity contribution in [2.75, 3.05) is 13.2 Å². The number of aliphatic hydroxyl groups is 1. The second-order valence-electron chi connectivity index (χ2n) is 5.63. The summed E-state index contributed by atoms with van der Waals surface area (Å²) < 4.78 is 0. The summed E-state index contributed by atoms with van der Waals surface area (Å²) in [6.07, 6.45) is 10.5. The third kappa shape index (κ3) is 3.44. The van der Waals surface area contributed by atoms with Crippen LogP contribution in [-0.4, -0.2) is 35.1 Å². The van der Waals surface area contributed by atoms with Crippen LogP contribution in [0.25, 0.3) is 0 Å². The van der Waals surface area contributed by atoms with E-state index in [4.69, 9.17) is 0 Å². The second-order valence-corrected chi connectivity index (χ2v) is 5.63. The van der Waals surface area contributed by atoms with E-state index >= 15 is 0 Å². The quantitative estimate of drug-likeness (QED) is 0.768. The molecule has 0 bridgehead atoms. The topological polar surface area (TPSA) is 40.5 Å². The summed E-state index contributed by atoms with van der Waals surface area (Å²) >= 11 is 0. The van der Waals surface area contributed by atoms with Crippen LogP contribution in [0.2, 0.25) is 0 Å². The normalized spacial score (nSPS) is 27.1. The molecular formula is C14H25NO2. The fraction of sp³-hybridized carbons (Fsp3) is 0.929.